The van der Waals surface area contributed by atoms with Crippen LogP contribution in [0.1, 0.15) is 10.4 Å². The summed E-state index contributed by atoms with van der Waals surface area (Å²) >= 11 is 6.97. The SMILES string of the molecule is O=C(Cl)c1cccc2c(=O)c3ccccc3sc12. The van der Waals surface area contributed by atoms with Gasteiger partial charge in [0, 0.05) is 15.5 Å². The lowest BCUT2D eigenvalue weighted by atomic mass is 10.1. The molecule has 0 saturated heterocycles. The summed E-state index contributed by atoms with van der Waals surface area (Å²) in [6.45, 7) is 0. The summed E-state index contributed by atoms with van der Waals surface area (Å²) in [4.78, 5) is 23.7. The van der Waals surface area contributed by atoms with E-state index in [9.17, 15) is 9.59 Å². The average molecular weight is 275 g/mol. The number of carbonyl (C=O) groups is 1. The zero-order chi connectivity index (χ0) is 12.7. The van der Waals surface area contributed by atoms with E-state index in [2.05, 4.69) is 0 Å². The fourth-order valence-electron chi connectivity index (χ4n) is 1.98. The van der Waals surface area contributed by atoms with E-state index in [0.717, 1.165) is 4.70 Å². The van der Waals surface area contributed by atoms with Crippen molar-refractivity contribution in [2.24, 2.45) is 0 Å². The highest BCUT2D eigenvalue weighted by atomic mass is 35.5. The van der Waals surface area contributed by atoms with Gasteiger partial charge in [-0.05, 0) is 35.9 Å². The Labute approximate surface area is 111 Å². The smallest absolute Gasteiger partial charge is 0.253 e. The van der Waals surface area contributed by atoms with Gasteiger partial charge < -0.3 is 0 Å². The van der Waals surface area contributed by atoms with E-state index in [1.54, 1.807) is 24.3 Å². The zero-order valence-electron chi connectivity index (χ0n) is 9.14. The largest absolute Gasteiger partial charge is 0.289 e. The maximum atomic E-state index is 12.3. The predicted octanol–water partition coefficient (Wildman–Crippen LogP) is 3.79. The van der Waals surface area contributed by atoms with Crippen molar-refractivity contribution in [2.75, 3.05) is 0 Å². The van der Waals surface area contributed by atoms with Gasteiger partial charge in [0.15, 0.2) is 5.43 Å². The fourth-order valence-corrected chi connectivity index (χ4v) is 3.37. The number of hydrogen-bond acceptors (Lipinski definition) is 3. The van der Waals surface area contributed by atoms with Crippen LogP contribution >= 0.6 is 22.9 Å². The summed E-state index contributed by atoms with van der Waals surface area (Å²) in [6, 6.07) is 12.4. The van der Waals surface area contributed by atoms with Gasteiger partial charge in [0.1, 0.15) is 0 Å². The van der Waals surface area contributed by atoms with Crippen LogP contribution in [-0.4, -0.2) is 5.24 Å². The van der Waals surface area contributed by atoms with E-state index in [1.165, 1.54) is 11.3 Å². The molecular formula is C14H7ClO2S. The Bertz CT molecular complexity index is 836. The third-order valence-electron chi connectivity index (χ3n) is 2.82. The molecule has 0 aliphatic rings. The molecule has 0 unspecified atom stereocenters. The third-order valence-corrected chi connectivity index (χ3v) is 4.24. The highest BCUT2D eigenvalue weighted by Crippen LogP contribution is 2.27. The van der Waals surface area contributed by atoms with Crippen molar-refractivity contribution in [3.05, 3.63) is 58.3 Å². The lowest BCUT2D eigenvalue weighted by Gasteiger charge is -2.03. The first-order chi connectivity index (χ1) is 8.68. The summed E-state index contributed by atoms with van der Waals surface area (Å²) in [7, 11) is 0. The molecule has 2 aromatic carbocycles. The van der Waals surface area contributed by atoms with E-state index < -0.39 is 5.24 Å². The van der Waals surface area contributed by atoms with Crippen molar-refractivity contribution in [3.63, 3.8) is 0 Å². The van der Waals surface area contributed by atoms with Crippen molar-refractivity contribution in [1.29, 1.82) is 0 Å². The Kier molecular flexibility index (Phi) is 2.65. The molecule has 1 heterocycles. The van der Waals surface area contributed by atoms with Crippen LogP contribution < -0.4 is 5.43 Å². The summed E-state index contributed by atoms with van der Waals surface area (Å²) in [5, 5.41) is 0.686. The molecule has 0 amide bonds. The lowest BCUT2D eigenvalue weighted by Crippen LogP contribution is -2.02. The molecule has 1 aromatic heterocycles. The van der Waals surface area contributed by atoms with Gasteiger partial charge in [-0.25, -0.2) is 0 Å². The monoisotopic (exact) mass is 274 g/mol. The minimum atomic E-state index is -0.536. The number of carbonyl (C=O) groups excluding carboxylic acids is 1. The van der Waals surface area contributed by atoms with Crippen LogP contribution in [0.2, 0.25) is 0 Å². The Morgan fingerprint density at radius 1 is 1.00 bits per heavy atom. The molecular weight excluding hydrogens is 268 g/mol. The molecule has 0 bridgehead atoms. The zero-order valence-corrected chi connectivity index (χ0v) is 10.7. The molecule has 0 aliphatic carbocycles. The van der Waals surface area contributed by atoms with Gasteiger partial charge in [0.25, 0.3) is 5.24 Å². The Morgan fingerprint density at radius 2 is 1.72 bits per heavy atom. The molecule has 0 saturated carbocycles. The van der Waals surface area contributed by atoms with E-state index in [0.29, 0.717) is 21.0 Å². The van der Waals surface area contributed by atoms with Crippen molar-refractivity contribution in [3.8, 4) is 0 Å². The minimum Gasteiger partial charge on any atom is -0.289 e. The number of fused-ring (bicyclic) bond motifs is 2. The maximum Gasteiger partial charge on any atom is 0.253 e. The van der Waals surface area contributed by atoms with Gasteiger partial charge in [-0.1, -0.05) is 18.2 Å². The van der Waals surface area contributed by atoms with Gasteiger partial charge in [-0.3, -0.25) is 9.59 Å². The first-order valence-corrected chi connectivity index (χ1v) is 6.52. The molecule has 2 nitrogen and oxygen atoms in total. The second-order valence-electron chi connectivity index (χ2n) is 3.88. The van der Waals surface area contributed by atoms with Crippen LogP contribution in [0.4, 0.5) is 0 Å². The third kappa shape index (κ3) is 1.64. The van der Waals surface area contributed by atoms with Crippen LogP contribution in [-0.2, 0) is 0 Å². The van der Waals surface area contributed by atoms with Gasteiger partial charge in [-0.15, -0.1) is 11.3 Å². The summed E-state index contributed by atoms with van der Waals surface area (Å²) in [6.07, 6.45) is 0. The van der Waals surface area contributed by atoms with Gasteiger partial charge >= 0.3 is 0 Å². The normalized spacial score (nSPS) is 10.9. The van der Waals surface area contributed by atoms with Crippen LogP contribution in [0.25, 0.3) is 20.2 Å². The highest BCUT2D eigenvalue weighted by molar-refractivity contribution is 7.25. The molecule has 3 rings (SSSR count). The standard InChI is InChI=1S/C14H7ClO2S/c15-14(17)10-6-3-5-9-12(16)8-4-1-2-7-11(8)18-13(9)10/h1-7H. The minimum absolute atomic E-state index is 0.0564. The maximum absolute atomic E-state index is 12.3. The molecule has 0 spiro atoms. The fraction of sp³-hybridized carbons (Fsp3) is 0. The summed E-state index contributed by atoms with van der Waals surface area (Å²) < 4.78 is 1.52. The number of rotatable bonds is 1. The molecule has 0 atom stereocenters. The number of halogens is 1. The average Bonchev–Trinajstić information content (AvgIpc) is 2.38. The molecule has 88 valence electrons. The second-order valence-corrected chi connectivity index (χ2v) is 5.28. The molecule has 4 heteroatoms. The van der Waals surface area contributed by atoms with Gasteiger partial charge in [0.2, 0.25) is 0 Å². The quantitative estimate of drug-likeness (QED) is 0.500. The second kappa shape index (κ2) is 4.19. The molecule has 0 fully saturated rings. The topological polar surface area (TPSA) is 34.1 Å². The number of benzene rings is 2. The number of hydrogen-bond donors (Lipinski definition) is 0. The summed E-state index contributed by atoms with van der Waals surface area (Å²) in [5.74, 6) is 0. The van der Waals surface area contributed by atoms with Crippen molar-refractivity contribution in [2.45, 2.75) is 0 Å². The van der Waals surface area contributed by atoms with Crippen LogP contribution in [0.15, 0.2) is 47.3 Å². The van der Waals surface area contributed by atoms with Crippen molar-refractivity contribution in [1.82, 2.24) is 0 Å². The highest BCUT2D eigenvalue weighted by Gasteiger charge is 2.12. The first-order valence-electron chi connectivity index (χ1n) is 5.33. The van der Waals surface area contributed by atoms with Crippen molar-refractivity contribution < 1.29 is 4.79 Å². The molecule has 0 N–H and O–H groups in total. The van der Waals surface area contributed by atoms with Crippen LogP contribution in [0, 0.1) is 0 Å². The van der Waals surface area contributed by atoms with Gasteiger partial charge in [0.05, 0.1) is 10.3 Å². The van der Waals surface area contributed by atoms with Crippen LogP contribution in [0.3, 0.4) is 0 Å². The summed E-state index contributed by atoms with van der Waals surface area (Å²) in [5.41, 5.74) is 0.334. The molecule has 3 aromatic rings. The van der Waals surface area contributed by atoms with Crippen molar-refractivity contribution >= 4 is 48.4 Å². The molecule has 18 heavy (non-hydrogen) atoms. The Balaban J connectivity index is 2.60. The lowest BCUT2D eigenvalue weighted by molar-refractivity contribution is 0.108. The van der Waals surface area contributed by atoms with Crippen LogP contribution in [0.5, 0.6) is 0 Å². The van der Waals surface area contributed by atoms with Gasteiger partial charge in [-0.2, -0.15) is 0 Å². The predicted molar refractivity (Wildman–Crippen MR) is 75.8 cm³/mol. The Morgan fingerprint density at radius 3 is 2.50 bits per heavy atom. The molecule has 0 radical (unpaired) electrons. The van der Waals surface area contributed by atoms with E-state index >= 15 is 0 Å². The first kappa shape index (κ1) is 11.4. The van der Waals surface area contributed by atoms with E-state index in [1.807, 2.05) is 18.2 Å². The Hall–Kier alpha value is -1.71. The van der Waals surface area contributed by atoms with E-state index in [-0.39, 0.29) is 5.43 Å². The molecule has 0 aliphatic heterocycles. The van der Waals surface area contributed by atoms with E-state index in [4.69, 9.17) is 11.6 Å².